The molecule has 1 amide bonds. The van der Waals surface area contributed by atoms with E-state index in [9.17, 15) is 18.0 Å². The fourth-order valence-electron chi connectivity index (χ4n) is 2.99. The highest BCUT2D eigenvalue weighted by Gasteiger charge is 2.14. The number of carbonyl (C=O) groups excluding carboxylic acids is 2. The minimum absolute atomic E-state index is 0.0504. The maximum Gasteiger partial charge on any atom is 0.240 e. The van der Waals surface area contributed by atoms with Gasteiger partial charge >= 0.3 is 0 Å². The van der Waals surface area contributed by atoms with Gasteiger partial charge in [-0.05, 0) is 36.2 Å². The molecule has 7 heteroatoms. The predicted molar refractivity (Wildman–Crippen MR) is 120 cm³/mol. The summed E-state index contributed by atoms with van der Waals surface area (Å²) in [6, 6.07) is 24.4. The molecule has 0 radical (unpaired) electrons. The van der Waals surface area contributed by atoms with Gasteiger partial charge in [-0.2, -0.15) is 0 Å². The summed E-state index contributed by atoms with van der Waals surface area (Å²) >= 11 is 0. The molecule has 3 aromatic rings. The molecule has 0 aliphatic rings. The number of amides is 1. The normalized spacial score (nSPS) is 11.1. The van der Waals surface area contributed by atoms with Crippen molar-refractivity contribution < 1.29 is 18.0 Å². The number of hydrogen-bond donors (Lipinski definition) is 2. The number of nitrogens with one attached hydrogen (secondary N) is 2. The number of hydrogen-bond acceptors (Lipinski definition) is 4. The van der Waals surface area contributed by atoms with Crippen LogP contribution in [0.15, 0.2) is 89.8 Å². The first-order valence-electron chi connectivity index (χ1n) is 9.96. The minimum atomic E-state index is -3.64. The zero-order chi connectivity index (χ0) is 22.1. The largest absolute Gasteiger partial charge is 0.326 e. The Hall–Kier alpha value is -3.29. The van der Waals surface area contributed by atoms with Crippen molar-refractivity contribution in [3.63, 3.8) is 0 Å². The van der Waals surface area contributed by atoms with E-state index in [1.165, 1.54) is 24.3 Å². The SMILES string of the molecule is O=C(CCC(=O)c1ccccc1)Nc1ccc(S(=O)(=O)NCCc2ccccc2)cc1. The van der Waals surface area contributed by atoms with Crippen molar-refractivity contribution in [2.24, 2.45) is 0 Å². The van der Waals surface area contributed by atoms with E-state index in [1.807, 2.05) is 36.4 Å². The summed E-state index contributed by atoms with van der Waals surface area (Å²) in [7, 11) is -3.64. The molecule has 0 aliphatic carbocycles. The zero-order valence-corrected chi connectivity index (χ0v) is 17.8. The summed E-state index contributed by atoms with van der Waals surface area (Å²) in [4.78, 5) is 24.3. The van der Waals surface area contributed by atoms with Gasteiger partial charge in [0.1, 0.15) is 0 Å². The summed E-state index contributed by atoms with van der Waals surface area (Å²) in [5, 5.41) is 2.69. The van der Waals surface area contributed by atoms with E-state index in [2.05, 4.69) is 10.0 Å². The number of benzene rings is 3. The lowest BCUT2D eigenvalue weighted by molar-refractivity contribution is -0.116. The van der Waals surface area contributed by atoms with Crippen molar-refractivity contribution in [1.29, 1.82) is 0 Å². The van der Waals surface area contributed by atoms with Crippen LogP contribution in [-0.4, -0.2) is 26.7 Å². The number of anilines is 1. The number of rotatable bonds is 10. The van der Waals surface area contributed by atoms with Crippen LogP contribution < -0.4 is 10.0 Å². The molecule has 0 aromatic heterocycles. The summed E-state index contributed by atoms with van der Waals surface area (Å²) in [5.74, 6) is -0.403. The van der Waals surface area contributed by atoms with Crippen LogP contribution in [0.2, 0.25) is 0 Å². The molecule has 0 atom stereocenters. The molecule has 0 fully saturated rings. The molecule has 2 N–H and O–H groups in total. The summed E-state index contributed by atoms with van der Waals surface area (Å²) in [6.07, 6.45) is 0.748. The van der Waals surface area contributed by atoms with E-state index in [-0.39, 0.29) is 29.4 Å². The second-order valence-corrected chi connectivity index (χ2v) is 8.76. The summed E-state index contributed by atoms with van der Waals surface area (Å²) in [6.45, 7) is 0.292. The molecular weight excluding hydrogens is 412 g/mol. The van der Waals surface area contributed by atoms with Gasteiger partial charge in [0.25, 0.3) is 0 Å². The number of sulfonamides is 1. The van der Waals surface area contributed by atoms with Crippen LogP contribution in [0, 0.1) is 0 Å². The molecule has 3 aromatic carbocycles. The Labute approximate surface area is 182 Å². The third kappa shape index (κ3) is 6.87. The van der Waals surface area contributed by atoms with Crippen molar-refractivity contribution in [1.82, 2.24) is 4.72 Å². The minimum Gasteiger partial charge on any atom is -0.326 e. The molecule has 0 saturated carbocycles. The van der Waals surface area contributed by atoms with Crippen molar-refractivity contribution in [2.45, 2.75) is 24.2 Å². The summed E-state index contributed by atoms with van der Waals surface area (Å²) in [5.41, 5.74) is 2.10. The van der Waals surface area contributed by atoms with Crippen molar-refractivity contribution in [2.75, 3.05) is 11.9 Å². The van der Waals surface area contributed by atoms with Crippen LogP contribution >= 0.6 is 0 Å². The summed E-state index contributed by atoms with van der Waals surface area (Å²) < 4.78 is 27.4. The lowest BCUT2D eigenvalue weighted by Crippen LogP contribution is -2.26. The van der Waals surface area contributed by atoms with Gasteiger partial charge in [0.05, 0.1) is 4.90 Å². The average Bonchev–Trinajstić information content (AvgIpc) is 2.79. The van der Waals surface area contributed by atoms with Crippen molar-refractivity contribution in [3.05, 3.63) is 96.1 Å². The lowest BCUT2D eigenvalue weighted by atomic mass is 10.1. The molecule has 3 rings (SSSR count). The Balaban J connectivity index is 1.48. The molecule has 0 aliphatic heterocycles. The van der Waals surface area contributed by atoms with Gasteiger partial charge < -0.3 is 5.32 Å². The zero-order valence-electron chi connectivity index (χ0n) is 17.0. The van der Waals surface area contributed by atoms with Gasteiger partial charge in [0.15, 0.2) is 5.78 Å². The predicted octanol–water partition coefficient (Wildman–Crippen LogP) is 3.81. The van der Waals surface area contributed by atoms with Gasteiger partial charge in [-0.1, -0.05) is 60.7 Å². The van der Waals surface area contributed by atoms with Crippen LogP contribution in [0.25, 0.3) is 0 Å². The molecule has 0 unspecified atom stereocenters. The third-order valence-electron chi connectivity index (χ3n) is 4.67. The Morgan fingerprint density at radius 2 is 1.35 bits per heavy atom. The van der Waals surface area contributed by atoms with E-state index >= 15 is 0 Å². The number of Topliss-reactive ketones (excluding diaryl/α,β-unsaturated/α-hetero) is 1. The molecule has 0 spiro atoms. The molecular formula is C24H24N2O4S. The molecule has 0 heterocycles. The first kappa shape index (κ1) is 22.4. The molecule has 0 bridgehead atoms. The molecule has 31 heavy (non-hydrogen) atoms. The van der Waals surface area contributed by atoms with E-state index < -0.39 is 10.0 Å². The topological polar surface area (TPSA) is 92.3 Å². The Morgan fingerprint density at radius 3 is 2.00 bits per heavy atom. The Morgan fingerprint density at radius 1 is 0.742 bits per heavy atom. The van der Waals surface area contributed by atoms with Crippen LogP contribution in [0.3, 0.4) is 0 Å². The quantitative estimate of drug-likeness (QED) is 0.473. The van der Waals surface area contributed by atoms with E-state index in [0.29, 0.717) is 24.2 Å². The molecule has 6 nitrogen and oxygen atoms in total. The van der Waals surface area contributed by atoms with Crippen LogP contribution in [0.4, 0.5) is 5.69 Å². The van der Waals surface area contributed by atoms with E-state index in [1.54, 1.807) is 24.3 Å². The van der Waals surface area contributed by atoms with E-state index in [4.69, 9.17) is 0 Å². The fourth-order valence-corrected chi connectivity index (χ4v) is 4.03. The first-order chi connectivity index (χ1) is 14.9. The maximum atomic E-state index is 12.4. The van der Waals surface area contributed by atoms with Crippen molar-refractivity contribution in [3.8, 4) is 0 Å². The highest BCUT2D eigenvalue weighted by Crippen LogP contribution is 2.15. The monoisotopic (exact) mass is 436 g/mol. The highest BCUT2D eigenvalue weighted by atomic mass is 32.2. The lowest BCUT2D eigenvalue weighted by Gasteiger charge is -2.09. The van der Waals surface area contributed by atoms with Crippen molar-refractivity contribution >= 4 is 27.4 Å². The smallest absolute Gasteiger partial charge is 0.240 e. The van der Waals surface area contributed by atoms with Crippen LogP contribution in [0.1, 0.15) is 28.8 Å². The van der Waals surface area contributed by atoms with Crippen LogP contribution in [-0.2, 0) is 21.2 Å². The van der Waals surface area contributed by atoms with Gasteiger partial charge in [-0.25, -0.2) is 13.1 Å². The van der Waals surface area contributed by atoms with Crippen LogP contribution in [0.5, 0.6) is 0 Å². The standard InChI is InChI=1S/C24H24N2O4S/c27-23(20-9-5-2-6-10-20)15-16-24(28)26-21-11-13-22(14-12-21)31(29,30)25-18-17-19-7-3-1-4-8-19/h1-14,25H,15-18H2,(H,26,28). The van der Waals surface area contributed by atoms with Gasteiger partial charge in [-0.15, -0.1) is 0 Å². The fraction of sp³-hybridized carbons (Fsp3) is 0.167. The van der Waals surface area contributed by atoms with E-state index in [0.717, 1.165) is 5.56 Å². The Bertz CT molecular complexity index is 1110. The highest BCUT2D eigenvalue weighted by molar-refractivity contribution is 7.89. The number of carbonyl (C=O) groups is 2. The first-order valence-corrected chi connectivity index (χ1v) is 11.4. The maximum absolute atomic E-state index is 12.4. The molecule has 160 valence electrons. The third-order valence-corrected chi connectivity index (χ3v) is 6.15. The number of ketones is 1. The second-order valence-electron chi connectivity index (χ2n) is 7.00. The van der Waals surface area contributed by atoms with Gasteiger partial charge in [-0.3, -0.25) is 9.59 Å². The average molecular weight is 437 g/mol. The van der Waals surface area contributed by atoms with Gasteiger partial charge in [0.2, 0.25) is 15.9 Å². The molecule has 0 saturated heterocycles. The second kappa shape index (κ2) is 10.7. The van der Waals surface area contributed by atoms with Gasteiger partial charge in [0, 0.05) is 30.6 Å². The Kier molecular flexibility index (Phi) is 7.70.